The third-order valence-corrected chi connectivity index (χ3v) is 3.56. The molecular weight excluding hydrogens is 270 g/mol. The molecule has 1 heterocycles. The molecular formula is C16H22ClN3. The molecule has 2 aromatic rings. The van der Waals surface area contributed by atoms with E-state index in [1.54, 1.807) is 0 Å². The zero-order valence-electron chi connectivity index (χ0n) is 12.5. The van der Waals surface area contributed by atoms with Crippen molar-refractivity contribution in [3.8, 4) is 0 Å². The molecule has 0 saturated carbocycles. The zero-order chi connectivity index (χ0) is 14.8. The monoisotopic (exact) mass is 291 g/mol. The first-order valence-corrected chi connectivity index (χ1v) is 7.27. The molecule has 4 heteroatoms. The van der Waals surface area contributed by atoms with Crippen molar-refractivity contribution in [2.75, 3.05) is 0 Å². The molecule has 1 aromatic carbocycles. The Balaban J connectivity index is 1.95. The molecule has 2 rings (SSSR count). The van der Waals surface area contributed by atoms with Gasteiger partial charge in [-0.05, 0) is 45.4 Å². The van der Waals surface area contributed by atoms with Gasteiger partial charge in [-0.15, -0.1) is 0 Å². The van der Waals surface area contributed by atoms with E-state index in [4.69, 9.17) is 11.6 Å². The summed E-state index contributed by atoms with van der Waals surface area (Å²) in [4.78, 5) is 0. The summed E-state index contributed by atoms with van der Waals surface area (Å²) in [5.74, 6) is 0. The van der Waals surface area contributed by atoms with Crippen LogP contribution < -0.4 is 5.32 Å². The van der Waals surface area contributed by atoms with Crippen molar-refractivity contribution in [3.63, 3.8) is 0 Å². The number of hydrogen-bond donors (Lipinski definition) is 1. The fourth-order valence-corrected chi connectivity index (χ4v) is 2.08. The van der Waals surface area contributed by atoms with E-state index < -0.39 is 0 Å². The number of aromatic nitrogens is 2. The normalized spacial score (nSPS) is 13.4. The molecule has 1 aromatic heterocycles. The fourth-order valence-electron chi connectivity index (χ4n) is 1.96. The first-order chi connectivity index (χ1) is 9.36. The number of hydrogen-bond acceptors (Lipinski definition) is 2. The maximum atomic E-state index is 5.90. The predicted octanol–water partition coefficient (Wildman–Crippen LogP) is 4.14. The van der Waals surface area contributed by atoms with Crippen LogP contribution in [0.25, 0.3) is 0 Å². The van der Waals surface area contributed by atoms with Crippen LogP contribution in [-0.4, -0.2) is 9.78 Å². The van der Waals surface area contributed by atoms with Gasteiger partial charge in [0.15, 0.2) is 0 Å². The van der Waals surface area contributed by atoms with Crippen LogP contribution in [0.5, 0.6) is 0 Å². The minimum Gasteiger partial charge on any atom is -0.306 e. The Kier molecular flexibility index (Phi) is 4.51. The Morgan fingerprint density at radius 1 is 1.25 bits per heavy atom. The Hall–Kier alpha value is -1.32. The van der Waals surface area contributed by atoms with E-state index in [0.29, 0.717) is 0 Å². The summed E-state index contributed by atoms with van der Waals surface area (Å²) < 4.78 is 2.00. The van der Waals surface area contributed by atoms with Gasteiger partial charge in [0.1, 0.15) is 0 Å². The number of halogens is 1. The van der Waals surface area contributed by atoms with Crippen LogP contribution in [-0.2, 0) is 12.1 Å². The van der Waals surface area contributed by atoms with E-state index in [-0.39, 0.29) is 11.6 Å². The van der Waals surface area contributed by atoms with Gasteiger partial charge >= 0.3 is 0 Å². The average molecular weight is 292 g/mol. The molecule has 0 amide bonds. The van der Waals surface area contributed by atoms with Crippen LogP contribution in [0, 0.1) is 0 Å². The lowest BCUT2D eigenvalue weighted by molar-refractivity contribution is 0.355. The standard InChI is InChI=1S/C16H22ClN3/c1-12(14-5-7-15(17)8-6-14)18-9-13-10-19-20(11-13)16(2,3)4/h5-8,10-12,18H,9H2,1-4H3/t12-/m0/s1. The molecule has 0 aliphatic heterocycles. The Morgan fingerprint density at radius 2 is 1.90 bits per heavy atom. The van der Waals surface area contributed by atoms with Crippen molar-refractivity contribution >= 4 is 11.6 Å². The third-order valence-electron chi connectivity index (χ3n) is 3.31. The maximum absolute atomic E-state index is 5.90. The van der Waals surface area contributed by atoms with Gasteiger partial charge in [0.2, 0.25) is 0 Å². The number of rotatable bonds is 4. The SMILES string of the molecule is C[C@H](NCc1cnn(C(C)(C)C)c1)c1ccc(Cl)cc1. The Labute approximate surface area is 126 Å². The van der Waals surface area contributed by atoms with Gasteiger partial charge in [0, 0.05) is 29.4 Å². The van der Waals surface area contributed by atoms with Crippen molar-refractivity contribution in [2.24, 2.45) is 0 Å². The Bertz CT molecular complexity index is 552. The second-order valence-corrected chi connectivity index (χ2v) is 6.55. The molecule has 0 saturated heterocycles. The molecule has 3 nitrogen and oxygen atoms in total. The van der Waals surface area contributed by atoms with E-state index in [1.807, 2.05) is 23.0 Å². The molecule has 0 radical (unpaired) electrons. The number of benzene rings is 1. The van der Waals surface area contributed by atoms with Gasteiger partial charge in [0.05, 0.1) is 11.7 Å². The number of nitrogens with one attached hydrogen (secondary N) is 1. The lowest BCUT2D eigenvalue weighted by Crippen LogP contribution is -2.22. The van der Waals surface area contributed by atoms with Gasteiger partial charge in [-0.25, -0.2) is 0 Å². The summed E-state index contributed by atoms with van der Waals surface area (Å²) in [6.07, 6.45) is 4.02. The highest BCUT2D eigenvalue weighted by molar-refractivity contribution is 6.30. The number of nitrogens with zero attached hydrogens (tertiary/aromatic N) is 2. The smallest absolute Gasteiger partial charge is 0.0543 e. The molecule has 0 aliphatic carbocycles. The van der Waals surface area contributed by atoms with Gasteiger partial charge in [0.25, 0.3) is 0 Å². The minimum atomic E-state index is 0.0278. The highest BCUT2D eigenvalue weighted by atomic mass is 35.5. The van der Waals surface area contributed by atoms with E-state index >= 15 is 0 Å². The molecule has 0 fully saturated rings. The van der Waals surface area contributed by atoms with Crippen molar-refractivity contribution in [2.45, 2.75) is 45.8 Å². The highest BCUT2D eigenvalue weighted by Crippen LogP contribution is 2.17. The molecule has 1 atom stereocenters. The molecule has 0 bridgehead atoms. The van der Waals surface area contributed by atoms with Gasteiger partial charge in [-0.1, -0.05) is 23.7 Å². The van der Waals surface area contributed by atoms with E-state index in [2.05, 4.69) is 56.4 Å². The third kappa shape index (κ3) is 3.84. The molecule has 1 N–H and O–H groups in total. The lowest BCUT2D eigenvalue weighted by Gasteiger charge is -2.18. The molecule has 0 unspecified atom stereocenters. The highest BCUT2D eigenvalue weighted by Gasteiger charge is 2.14. The van der Waals surface area contributed by atoms with Crippen LogP contribution in [0.4, 0.5) is 0 Å². The largest absolute Gasteiger partial charge is 0.306 e. The van der Waals surface area contributed by atoms with Crippen LogP contribution in [0.3, 0.4) is 0 Å². The summed E-state index contributed by atoms with van der Waals surface area (Å²) >= 11 is 5.90. The maximum Gasteiger partial charge on any atom is 0.0543 e. The Morgan fingerprint density at radius 3 is 2.45 bits per heavy atom. The topological polar surface area (TPSA) is 29.9 Å². The second kappa shape index (κ2) is 5.98. The molecule has 108 valence electrons. The fraction of sp³-hybridized carbons (Fsp3) is 0.438. The van der Waals surface area contributed by atoms with E-state index in [9.17, 15) is 0 Å². The van der Waals surface area contributed by atoms with Crippen LogP contribution in [0.15, 0.2) is 36.7 Å². The molecule has 0 spiro atoms. The van der Waals surface area contributed by atoms with E-state index in [1.165, 1.54) is 11.1 Å². The van der Waals surface area contributed by atoms with Crippen molar-refractivity contribution in [3.05, 3.63) is 52.8 Å². The average Bonchev–Trinajstić information content (AvgIpc) is 2.85. The van der Waals surface area contributed by atoms with E-state index in [0.717, 1.165) is 11.6 Å². The summed E-state index contributed by atoms with van der Waals surface area (Å²) in [5, 5.41) is 8.68. The second-order valence-electron chi connectivity index (χ2n) is 6.12. The van der Waals surface area contributed by atoms with Gasteiger partial charge in [-0.3, -0.25) is 4.68 Å². The summed E-state index contributed by atoms with van der Waals surface area (Å²) in [5.41, 5.74) is 2.46. The zero-order valence-corrected chi connectivity index (χ0v) is 13.3. The predicted molar refractivity (Wildman–Crippen MR) is 83.9 cm³/mol. The lowest BCUT2D eigenvalue weighted by atomic mass is 10.1. The first kappa shape index (κ1) is 15.1. The van der Waals surface area contributed by atoms with Crippen LogP contribution >= 0.6 is 11.6 Å². The van der Waals surface area contributed by atoms with Crippen LogP contribution in [0.1, 0.15) is 44.9 Å². The summed E-state index contributed by atoms with van der Waals surface area (Å²) in [6.45, 7) is 9.39. The molecule has 0 aliphatic rings. The minimum absolute atomic E-state index is 0.0278. The van der Waals surface area contributed by atoms with Gasteiger partial charge in [-0.2, -0.15) is 5.10 Å². The van der Waals surface area contributed by atoms with Crippen molar-refractivity contribution in [1.82, 2.24) is 15.1 Å². The van der Waals surface area contributed by atoms with Crippen molar-refractivity contribution < 1.29 is 0 Å². The quantitative estimate of drug-likeness (QED) is 0.917. The van der Waals surface area contributed by atoms with Crippen LogP contribution in [0.2, 0.25) is 5.02 Å². The van der Waals surface area contributed by atoms with Gasteiger partial charge < -0.3 is 5.32 Å². The summed E-state index contributed by atoms with van der Waals surface area (Å²) in [6, 6.07) is 8.24. The van der Waals surface area contributed by atoms with Crippen molar-refractivity contribution in [1.29, 1.82) is 0 Å². The first-order valence-electron chi connectivity index (χ1n) is 6.89. The molecule has 20 heavy (non-hydrogen) atoms. The summed E-state index contributed by atoms with van der Waals surface area (Å²) in [7, 11) is 0.